The maximum Gasteiger partial charge on any atom is 0.231 e. The van der Waals surface area contributed by atoms with Crippen molar-refractivity contribution in [1.29, 1.82) is 0 Å². The fourth-order valence-electron chi connectivity index (χ4n) is 2.90. The van der Waals surface area contributed by atoms with Gasteiger partial charge in [-0.25, -0.2) is 4.98 Å². The van der Waals surface area contributed by atoms with Gasteiger partial charge >= 0.3 is 0 Å². The van der Waals surface area contributed by atoms with Crippen LogP contribution in [-0.4, -0.2) is 22.3 Å². The zero-order valence-electron chi connectivity index (χ0n) is 15.8. The number of nitrogens with zero attached hydrogens (tertiary/aromatic N) is 2. The van der Waals surface area contributed by atoms with Crippen molar-refractivity contribution in [2.24, 2.45) is 0 Å². The standard InChI is InChI=1S/C22H25N3OS/c1-3-25(14-18-10-5-4-6-11-18)15-19-16-27-22(23-19)13-21(26)24-20-12-8-7-9-17(20)2/h4-12,16H,3,13-15H2,1-2H3,(H,24,26). The molecule has 27 heavy (non-hydrogen) atoms. The van der Waals surface area contributed by atoms with Crippen molar-refractivity contribution in [2.75, 3.05) is 11.9 Å². The number of aryl methyl sites for hydroxylation is 1. The third-order valence-corrected chi connectivity index (χ3v) is 5.31. The van der Waals surface area contributed by atoms with Crippen LogP contribution in [0.15, 0.2) is 60.0 Å². The lowest BCUT2D eigenvalue weighted by Crippen LogP contribution is -2.22. The first-order valence-corrected chi connectivity index (χ1v) is 10.1. The zero-order valence-corrected chi connectivity index (χ0v) is 16.6. The molecule has 0 radical (unpaired) electrons. The first-order valence-electron chi connectivity index (χ1n) is 9.19. The second kappa shape index (κ2) is 9.44. The lowest BCUT2D eigenvalue weighted by Gasteiger charge is -2.19. The van der Waals surface area contributed by atoms with E-state index in [1.165, 1.54) is 5.56 Å². The summed E-state index contributed by atoms with van der Waals surface area (Å²) in [6.07, 6.45) is 0.309. The fourth-order valence-corrected chi connectivity index (χ4v) is 3.68. The molecule has 0 bridgehead atoms. The molecule has 2 aromatic carbocycles. The van der Waals surface area contributed by atoms with Gasteiger partial charge in [-0.1, -0.05) is 55.5 Å². The third kappa shape index (κ3) is 5.74. The zero-order chi connectivity index (χ0) is 19.1. The summed E-state index contributed by atoms with van der Waals surface area (Å²) in [5.41, 5.74) is 4.24. The Morgan fingerprint density at radius 1 is 1.07 bits per heavy atom. The van der Waals surface area contributed by atoms with Gasteiger partial charge in [0.15, 0.2) is 0 Å². The summed E-state index contributed by atoms with van der Waals surface area (Å²) in [4.78, 5) is 19.3. The maximum absolute atomic E-state index is 12.3. The van der Waals surface area contributed by atoms with Crippen LogP contribution in [0.2, 0.25) is 0 Å². The number of anilines is 1. The summed E-state index contributed by atoms with van der Waals surface area (Å²) in [7, 11) is 0. The Hall–Kier alpha value is -2.50. The van der Waals surface area contributed by atoms with Crippen LogP contribution >= 0.6 is 11.3 Å². The highest BCUT2D eigenvalue weighted by Crippen LogP contribution is 2.17. The molecular weight excluding hydrogens is 354 g/mol. The smallest absolute Gasteiger partial charge is 0.231 e. The number of carbonyl (C=O) groups is 1. The van der Waals surface area contributed by atoms with E-state index < -0.39 is 0 Å². The van der Waals surface area contributed by atoms with E-state index in [4.69, 9.17) is 0 Å². The molecule has 1 amide bonds. The summed E-state index contributed by atoms with van der Waals surface area (Å²) in [6, 6.07) is 18.3. The van der Waals surface area contributed by atoms with Crippen LogP contribution in [0.25, 0.3) is 0 Å². The van der Waals surface area contributed by atoms with Crippen molar-refractivity contribution in [1.82, 2.24) is 9.88 Å². The Labute approximate surface area is 164 Å². The molecule has 0 saturated carbocycles. The van der Waals surface area contributed by atoms with Crippen molar-refractivity contribution in [3.63, 3.8) is 0 Å². The average Bonchev–Trinajstić information content (AvgIpc) is 3.10. The minimum atomic E-state index is -0.0261. The molecule has 0 fully saturated rings. The van der Waals surface area contributed by atoms with E-state index in [0.717, 1.165) is 41.6 Å². The average molecular weight is 380 g/mol. The molecule has 0 aliphatic rings. The monoisotopic (exact) mass is 379 g/mol. The van der Waals surface area contributed by atoms with E-state index in [9.17, 15) is 4.79 Å². The van der Waals surface area contributed by atoms with Gasteiger partial charge in [-0.3, -0.25) is 9.69 Å². The molecule has 0 saturated heterocycles. The van der Waals surface area contributed by atoms with Crippen LogP contribution in [0.5, 0.6) is 0 Å². The summed E-state index contributed by atoms with van der Waals surface area (Å²) in [5, 5.41) is 5.88. The van der Waals surface area contributed by atoms with Gasteiger partial charge in [0.1, 0.15) is 5.01 Å². The van der Waals surface area contributed by atoms with Crippen molar-refractivity contribution in [3.8, 4) is 0 Å². The number of nitrogens with one attached hydrogen (secondary N) is 1. The summed E-state index contributed by atoms with van der Waals surface area (Å²) >= 11 is 1.55. The summed E-state index contributed by atoms with van der Waals surface area (Å²) in [5.74, 6) is -0.0261. The molecule has 0 aliphatic carbocycles. The lowest BCUT2D eigenvalue weighted by molar-refractivity contribution is -0.115. The maximum atomic E-state index is 12.3. The van der Waals surface area contributed by atoms with Gasteiger partial charge < -0.3 is 5.32 Å². The Kier molecular flexibility index (Phi) is 6.74. The number of thiazole rings is 1. The molecule has 4 nitrogen and oxygen atoms in total. The Morgan fingerprint density at radius 3 is 2.56 bits per heavy atom. The predicted molar refractivity (Wildman–Crippen MR) is 112 cm³/mol. The number of amides is 1. The number of benzene rings is 2. The lowest BCUT2D eigenvalue weighted by atomic mass is 10.2. The second-order valence-electron chi connectivity index (χ2n) is 6.56. The van der Waals surface area contributed by atoms with Gasteiger partial charge in [-0.2, -0.15) is 0 Å². The number of rotatable bonds is 8. The quantitative estimate of drug-likeness (QED) is 0.619. The number of carbonyl (C=O) groups excluding carboxylic acids is 1. The van der Waals surface area contributed by atoms with Crippen molar-refractivity contribution in [3.05, 3.63) is 81.8 Å². The van der Waals surface area contributed by atoms with E-state index in [2.05, 4.69) is 51.8 Å². The molecule has 0 unspecified atom stereocenters. The Morgan fingerprint density at radius 2 is 1.81 bits per heavy atom. The molecule has 3 aromatic rings. The molecule has 0 aliphatic heterocycles. The number of aromatic nitrogens is 1. The van der Waals surface area contributed by atoms with E-state index in [1.807, 2.05) is 37.3 Å². The molecule has 1 N–H and O–H groups in total. The van der Waals surface area contributed by atoms with E-state index in [-0.39, 0.29) is 5.91 Å². The first kappa shape index (κ1) is 19.3. The van der Waals surface area contributed by atoms with Crippen molar-refractivity contribution < 1.29 is 4.79 Å². The molecule has 3 rings (SSSR count). The number of hydrogen-bond donors (Lipinski definition) is 1. The van der Waals surface area contributed by atoms with E-state index in [0.29, 0.717) is 6.42 Å². The summed E-state index contributed by atoms with van der Waals surface area (Å²) < 4.78 is 0. The highest BCUT2D eigenvalue weighted by molar-refractivity contribution is 7.09. The van der Waals surface area contributed by atoms with Crippen LogP contribution in [0.3, 0.4) is 0 Å². The van der Waals surface area contributed by atoms with Crippen molar-refractivity contribution in [2.45, 2.75) is 33.4 Å². The normalized spacial score (nSPS) is 10.9. The van der Waals surface area contributed by atoms with Gasteiger partial charge in [0.2, 0.25) is 5.91 Å². The van der Waals surface area contributed by atoms with Crippen LogP contribution in [0.1, 0.15) is 28.8 Å². The SMILES string of the molecule is CCN(Cc1ccccc1)Cc1csc(CC(=O)Nc2ccccc2C)n1. The molecule has 1 heterocycles. The van der Waals surface area contributed by atoms with Gasteiger partial charge in [-0.15, -0.1) is 11.3 Å². The van der Waals surface area contributed by atoms with Gasteiger partial charge in [0, 0.05) is 24.2 Å². The van der Waals surface area contributed by atoms with E-state index >= 15 is 0 Å². The van der Waals surface area contributed by atoms with Crippen LogP contribution in [0, 0.1) is 6.92 Å². The molecular formula is C22H25N3OS. The van der Waals surface area contributed by atoms with Crippen LogP contribution in [0.4, 0.5) is 5.69 Å². The van der Waals surface area contributed by atoms with Gasteiger partial charge in [0.25, 0.3) is 0 Å². The first-order chi connectivity index (χ1) is 13.1. The largest absolute Gasteiger partial charge is 0.325 e. The minimum absolute atomic E-state index is 0.0261. The van der Waals surface area contributed by atoms with Gasteiger partial charge in [0.05, 0.1) is 12.1 Å². The topological polar surface area (TPSA) is 45.2 Å². The second-order valence-corrected chi connectivity index (χ2v) is 7.50. The highest BCUT2D eigenvalue weighted by atomic mass is 32.1. The van der Waals surface area contributed by atoms with Crippen molar-refractivity contribution >= 4 is 22.9 Å². The molecule has 0 atom stereocenters. The number of hydrogen-bond acceptors (Lipinski definition) is 4. The fraction of sp³-hybridized carbons (Fsp3) is 0.273. The van der Waals surface area contributed by atoms with E-state index in [1.54, 1.807) is 11.3 Å². The van der Waals surface area contributed by atoms with Crippen LogP contribution < -0.4 is 5.32 Å². The molecule has 0 spiro atoms. The number of para-hydroxylation sites is 1. The summed E-state index contributed by atoms with van der Waals surface area (Å²) in [6.45, 7) is 6.80. The molecule has 5 heteroatoms. The minimum Gasteiger partial charge on any atom is -0.325 e. The van der Waals surface area contributed by atoms with Crippen LogP contribution in [-0.2, 0) is 24.3 Å². The molecule has 140 valence electrons. The third-order valence-electron chi connectivity index (χ3n) is 4.41. The van der Waals surface area contributed by atoms with Gasteiger partial charge in [-0.05, 0) is 30.7 Å². The Balaban J connectivity index is 1.56. The molecule has 1 aromatic heterocycles. The Bertz CT molecular complexity index is 876. The highest BCUT2D eigenvalue weighted by Gasteiger charge is 2.12. The predicted octanol–water partition coefficient (Wildman–Crippen LogP) is 4.65.